The van der Waals surface area contributed by atoms with E-state index < -0.39 is 15.6 Å². The van der Waals surface area contributed by atoms with Crippen molar-refractivity contribution in [3.8, 4) is 0 Å². The lowest BCUT2D eigenvalue weighted by molar-refractivity contribution is -0.117. The molecule has 0 atom stereocenters. The van der Waals surface area contributed by atoms with Crippen molar-refractivity contribution < 1.29 is 17.6 Å². The maximum absolute atomic E-state index is 13.2. The van der Waals surface area contributed by atoms with Gasteiger partial charge in [-0.15, -0.1) is 0 Å². The molecule has 1 aliphatic heterocycles. The van der Waals surface area contributed by atoms with Crippen LogP contribution in [0.1, 0.15) is 18.4 Å². The van der Waals surface area contributed by atoms with Crippen LogP contribution in [0.4, 0.5) is 17.1 Å². The van der Waals surface area contributed by atoms with Gasteiger partial charge in [-0.25, -0.2) is 13.2 Å². The molecule has 8 nitrogen and oxygen atoms in total. The van der Waals surface area contributed by atoms with Gasteiger partial charge in [-0.1, -0.05) is 42.5 Å². The van der Waals surface area contributed by atoms with Crippen LogP contribution in [-0.2, 0) is 21.4 Å². The Morgan fingerprint density at radius 2 is 1.57 bits per heavy atom. The molecule has 2 heterocycles. The molecular formula is C26H23N3O5S. The molecule has 0 spiro atoms. The molecule has 0 unspecified atom stereocenters. The van der Waals surface area contributed by atoms with E-state index in [1.54, 1.807) is 41.3 Å². The Bertz CT molecular complexity index is 1550. The Morgan fingerprint density at radius 1 is 0.857 bits per heavy atom. The Kier molecular flexibility index (Phi) is 6.00. The van der Waals surface area contributed by atoms with Crippen LogP contribution in [0.25, 0.3) is 11.0 Å². The van der Waals surface area contributed by atoms with E-state index in [4.69, 9.17) is 4.42 Å². The highest BCUT2D eigenvalue weighted by atomic mass is 32.2. The lowest BCUT2D eigenvalue weighted by Gasteiger charge is -2.17. The number of fused-ring (bicyclic) bond motifs is 1. The van der Waals surface area contributed by atoms with E-state index >= 15 is 0 Å². The zero-order valence-electron chi connectivity index (χ0n) is 18.7. The average molecular weight is 490 g/mol. The maximum atomic E-state index is 13.2. The first-order valence-electron chi connectivity index (χ1n) is 11.2. The molecule has 1 saturated heterocycles. The van der Waals surface area contributed by atoms with E-state index in [1.165, 1.54) is 12.1 Å². The van der Waals surface area contributed by atoms with Crippen LogP contribution in [0.2, 0.25) is 0 Å². The lowest BCUT2D eigenvalue weighted by atomic mass is 10.1. The highest BCUT2D eigenvalue weighted by Gasteiger charge is 2.24. The van der Waals surface area contributed by atoms with Gasteiger partial charge in [0.05, 0.1) is 10.6 Å². The summed E-state index contributed by atoms with van der Waals surface area (Å²) in [5.41, 5.74) is 1.28. The van der Waals surface area contributed by atoms with Crippen LogP contribution in [0.3, 0.4) is 0 Å². The van der Waals surface area contributed by atoms with Crippen LogP contribution in [0.5, 0.6) is 0 Å². The van der Waals surface area contributed by atoms with Crippen molar-refractivity contribution in [2.24, 2.45) is 0 Å². The predicted molar refractivity (Wildman–Crippen MR) is 135 cm³/mol. The fourth-order valence-electron chi connectivity index (χ4n) is 4.13. The minimum Gasteiger partial charge on any atom is -0.421 e. The molecule has 4 aromatic rings. The summed E-state index contributed by atoms with van der Waals surface area (Å²) < 4.78 is 34.2. The predicted octanol–water partition coefficient (Wildman–Crippen LogP) is 4.33. The molecule has 0 radical (unpaired) electrons. The molecule has 5 rings (SSSR count). The van der Waals surface area contributed by atoms with Crippen LogP contribution in [0, 0.1) is 0 Å². The fourth-order valence-corrected chi connectivity index (χ4v) is 5.20. The monoisotopic (exact) mass is 489 g/mol. The third-order valence-corrected chi connectivity index (χ3v) is 7.26. The van der Waals surface area contributed by atoms with E-state index in [2.05, 4.69) is 10.0 Å². The molecule has 1 aliphatic rings. The molecule has 178 valence electrons. The minimum absolute atomic E-state index is 0.0154. The molecule has 35 heavy (non-hydrogen) atoms. The van der Waals surface area contributed by atoms with E-state index in [0.717, 1.165) is 12.0 Å². The van der Waals surface area contributed by atoms with E-state index in [-0.39, 0.29) is 16.5 Å². The van der Waals surface area contributed by atoms with Gasteiger partial charge < -0.3 is 14.6 Å². The first-order valence-corrected chi connectivity index (χ1v) is 12.7. The van der Waals surface area contributed by atoms with Gasteiger partial charge in [0.15, 0.2) is 5.69 Å². The summed E-state index contributed by atoms with van der Waals surface area (Å²) in [7, 11) is -4.12. The molecule has 9 heteroatoms. The summed E-state index contributed by atoms with van der Waals surface area (Å²) in [5.74, 6) is 0.0154. The van der Waals surface area contributed by atoms with E-state index in [0.29, 0.717) is 41.9 Å². The second-order valence-electron chi connectivity index (χ2n) is 8.22. The summed E-state index contributed by atoms with van der Waals surface area (Å²) in [6.45, 7) is 0.985. The number of hydrogen-bond donors (Lipinski definition) is 2. The number of carbonyl (C=O) groups is 1. The zero-order valence-corrected chi connectivity index (χ0v) is 19.5. The summed E-state index contributed by atoms with van der Waals surface area (Å²) in [6.07, 6.45) is 1.26. The van der Waals surface area contributed by atoms with Gasteiger partial charge in [-0.2, -0.15) is 0 Å². The van der Waals surface area contributed by atoms with Crippen molar-refractivity contribution in [3.63, 3.8) is 0 Å². The number of hydrogen-bond acceptors (Lipinski definition) is 6. The number of sulfonamides is 1. The van der Waals surface area contributed by atoms with Gasteiger partial charge in [0, 0.05) is 30.6 Å². The molecule has 0 aliphatic carbocycles. The minimum atomic E-state index is -4.12. The first kappa shape index (κ1) is 22.7. The normalized spacial score (nSPS) is 13.8. The van der Waals surface area contributed by atoms with E-state index in [9.17, 15) is 18.0 Å². The number of anilines is 3. The van der Waals surface area contributed by atoms with Crippen LogP contribution in [0.15, 0.2) is 93.0 Å². The lowest BCUT2D eigenvalue weighted by Crippen LogP contribution is -2.24. The SMILES string of the molecule is O=C1CCCN1c1ccc(S(=O)(=O)Nc2c(NCc3ccccc3)c3ccccc3oc2=O)cc1. The number of nitrogens with one attached hydrogen (secondary N) is 2. The molecule has 3 aromatic carbocycles. The van der Waals surface area contributed by atoms with Gasteiger partial charge in [0.2, 0.25) is 5.91 Å². The van der Waals surface area contributed by atoms with Gasteiger partial charge >= 0.3 is 5.63 Å². The fraction of sp³-hybridized carbons (Fsp3) is 0.154. The molecule has 0 saturated carbocycles. The zero-order chi connectivity index (χ0) is 24.4. The number of para-hydroxylation sites is 1. The molecule has 2 N–H and O–H groups in total. The van der Waals surface area contributed by atoms with Crippen molar-refractivity contribution in [2.75, 3.05) is 21.5 Å². The quantitative estimate of drug-likeness (QED) is 0.374. The standard InChI is InChI=1S/C26H23N3O5S/c30-23-11-6-16-29(23)19-12-14-20(15-13-19)35(32,33)28-25-24(27-17-18-7-2-1-3-8-18)21-9-4-5-10-22(21)34-26(25)31/h1-5,7-10,12-15,27-28H,6,11,16-17H2. The van der Waals surface area contributed by atoms with Crippen LogP contribution < -0.4 is 20.6 Å². The second-order valence-corrected chi connectivity index (χ2v) is 9.91. The van der Waals surface area contributed by atoms with Crippen molar-refractivity contribution in [2.45, 2.75) is 24.3 Å². The highest BCUT2D eigenvalue weighted by molar-refractivity contribution is 7.92. The summed E-state index contributed by atoms with van der Waals surface area (Å²) >= 11 is 0. The van der Waals surface area contributed by atoms with Crippen LogP contribution >= 0.6 is 0 Å². The Balaban J connectivity index is 1.49. The van der Waals surface area contributed by atoms with Crippen molar-refractivity contribution >= 4 is 44.0 Å². The molecule has 0 bridgehead atoms. The Morgan fingerprint density at radius 3 is 2.29 bits per heavy atom. The summed E-state index contributed by atoms with van der Waals surface area (Å²) in [5, 5.41) is 3.78. The number of rotatable bonds is 7. The second kappa shape index (κ2) is 9.27. The van der Waals surface area contributed by atoms with Crippen molar-refractivity contribution in [1.82, 2.24) is 0 Å². The van der Waals surface area contributed by atoms with Gasteiger partial charge in [-0.3, -0.25) is 9.52 Å². The number of nitrogens with zero attached hydrogens (tertiary/aromatic N) is 1. The largest absolute Gasteiger partial charge is 0.421 e. The maximum Gasteiger partial charge on any atom is 0.363 e. The van der Waals surface area contributed by atoms with Crippen molar-refractivity contribution in [1.29, 1.82) is 0 Å². The Labute approximate surface area is 202 Å². The Hall–Kier alpha value is -4.11. The van der Waals surface area contributed by atoms with Gasteiger partial charge in [0.25, 0.3) is 10.0 Å². The van der Waals surface area contributed by atoms with E-state index in [1.807, 2.05) is 30.3 Å². The molecular weight excluding hydrogens is 466 g/mol. The average Bonchev–Trinajstić information content (AvgIpc) is 3.30. The molecule has 1 fully saturated rings. The third-order valence-electron chi connectivity index (χ3n) is 5.89. The van der Waals surface area contributed by atoms with Gasteiger partial charge in [0.1, 0.15) is 5.58 Å². The van der Waals surface area contributed by atoms with Crippen molar-refractivity contribution in [3.05, 3.63) is 94.8 Å². The van der Waals surface area contributed by atoms with Gasteiger partial charge in [-0.05, 0) is 48.4 Å². The molecule has 1 aromatic heterocycles. The highest BCUT2D eigenvalue weighted by Crippen LogP contribution is 2.31. The summed E-state index contributed by atoms with van der Waals surface area (Å²) in [6, 6.07) is 22.5. The third kappa shape index (κ3) is 4.63. The first-order chi connectivity index (χ1) is 16.9. The topological polar surface area (TPSA) is 109 Å². The number of benzene rings is 3. The smallest absolute Gasteiger partial charge is 0.363 e. The summed E-state index contributed by atoms with van der Waals surface area (Å²) in [4.78, 5) is 26.4. The molecule has 1 amide bonds. The number of amides is 1. The number of carbonyl (C=O) groups excluding carboxylic acids is 1. The van der Waals surface area contributed by atoms with Crippen LogP contribution in [-0.4, -0.2) is 20.9 Å².